The minimum atomic E-state index is -4.56. The molecule has 0 unspecified atom stereocenters. The van der Waals surface area contributed by atoms with Crippen LogP contribution in [0.1, 0.15) is 6.92 Å². The summed E-state index contributed by atoms with van der Waals surface area (Å²) in [6.45, 7) is 1.07. The quantitative estimate of drug-likeness (QED) is 0.479. The lowest BCUT2D eigenvalue weighted by Crippen LogP contribution is -2.61. The zero-order valence-electron chi connectivity index (χ0n) is 7.94. The normalized spacial score (nSPS) is 13.9. The van der Waals surface area contributed by atoms with Gasteiger partial charge in [0.2, 0.25) is 5.78 Å². The lowest BCUT2D eigenvalue weighted by molar-refractivity contribution is -1.91. The van der Waals surface area contributed by atoms with E-state index in [0.717, 1.165) is 6.92 Å². The van der Waals surface area contributed by atoms with Crippen molar-refractivity contribution in [2.45, 2.75) is 6.92 Å². The first-order valence-corrected chi connectivity index (χ1v) is 7.18. The molecule has 14 heavy (non-hydrogen) atoms. The van der Waals surface area contributed by atoms with Gasteiger partial charge in [-0.2, -0.15) is 14.0 Å². The van der Waals surface area contributed by atoms with E-state index in [4.69, 9.17) is 0 Å². The Balaban J connectivity index is 4.35. The minimum Gasteiger partial charge on any atom is -0.291 e. The number of rotatable bonds is 5. The zero-order valence-corrected chi connectivity index (χ0v) is 9.52. The van der Waals surface area contributed by atoms with E-state index in [1.54, 1.807) is 0 Å². The third kappa shape index (κ3) is 6.30. The lowest BCUT2D eigenvalue weighted by Gasteiger charge is -2.25. The molecule has 0 heterocycles. The molecule has 0 bridgehead atoms. The fourth-order valence-electron chi connectivity index (χ4n) is 0.648. The van der Waals surface area contributed by atoms with Crippen molar-refractivity contribution in [2.24, 2.45) is 0 Å². The predicted molar refractivity (Wildman–Crippen MR) is 41.1 cm³/mol. The van der Waals surface area contributed by atoms with Gasteiger partial charge < -0.3 is 0 Å². The van der Waals surface area contributed by atoms with E-state index in [9.17, 15) is 23.6 Å². The number of Topliss-reactive ketones (excluding diaryl/α,β-unsaturated/α-hetero) is 2. The number of carbonyl (C=O) groups is 2. The molecule has 6 nitrogen and oxygen atoms in total. The Bertz CT molecular complexity index is 245. The number of hydrogen-bond acceptors (Lipinski definition) is 6. The van der Waals surface area contributed by atoms with Crippen molar-refractivity contribution in [3.8, 4) is 0 Å². The number of hydrogen-bond donors (Lipinski definition) is 0. The fourth-order valence-corrected chi connectivity index (χ4v) is 3.33. The molecule has 0 aliphatic heterocycles. The van der Waals surface area contributed by atoms with Crippen LogP contribution in [0.15, 0.2) is 0 Å². The van der Waals surface area contributed by atoms with Crippen LogP contribution in [-0.2, 0) is 13.3 Å². The molecular formula is C6H11ClO6S. The summed E-state index contributed by atoms with van der Waals surface area (Å²) in [6, 6.07) is 0. The van der Waals surface area contributed by atoms with Crippen LogP contribution >= 0.6 is 10.3 Å². The van der Waals surface area contributed by atoms with Crippen molar-refractivity contribution in [1.29, 1.82) is 0 Å². The molecule has 0 N–H and O–H groups in total. The molecule has 0 radical (unpaired) electrons. The van der Waals surface area contributed by atoms with Crippen molar-refractivity contribution in [3.63, 3.8) is 0 Å². The smallest absolute Gasteiger partial charge is 0.209 e. The Kier molecular flexibility index (Phi) is 4.50. The predicted octanol–water partition coefficient (Wildman–Crippen LogP) is -2.96. The van der Waals surface area contributed by atoms with Gasteiger partial charge in [0.25, 0.3) is 0 Å². The summed E-state index contributed by atoms with van der Waals surface area (Å²) >= 11 is 0. The number of ketones is 2. The van der Waals surface area contributed by atoms with Crippen LogP contribution in [0, 0.1) is 10.2 Å². The Labute approximate surface area is 85.1 Å². The molecule has 0 atom stereocenters. The van der Waals surface area contributed by atoms with E-state index in [1.165, 1.54) is 12.5 Å². The van der Waals surface area contributed by atoms with Crippen LogP contribution in [0.5, 0.6) is 0 Å². The van der Waals surface area contributed by atoms with Crippen molar-refractivity contribution in [2.75, 3.05) is 18.3 Å². The second-order valence-electron chi connectivity index (χ2n) is 3.00. The summed E-state index contributed by atoms with van der Waals surface area (Å²) in [7, 11) is -6.93. The summed E-state index contributed by atoms with van der Waals surface area (Å²) in [4.78, 5) is 21.5. The van der Waals surface area contributed by atoms with Gasteiger partial charge in [0.05, 0.1) is 16.0 Å². The molecule has 0 aromatic carbocycles. The largest absolute Gasteiger partial charge is 0.291 e. The highest BCUT2D eigenvalue weighted by atomic mass is 35.7. The molecule has 0 aromatic rings. The summed E-state index contributed by atoms with van der Waals surface area (Å²) in [5, 5.41) is 0. The first kappa shape index (κ1) is 13.8. The van der Waals surface area contributed by atoms with Gasteiger partial charge >= 0.3 is 0 Å². The average molecular weight is 247 g/mol. The third-order valence-corrected chi connectivity index (χ3v) is 4.06. The maximum Gasteiger partial charge on any atom is 0.209 e. The number of halogens is 1. The molecule has 0 aliphatic carbocycles. The maximum atomic E-state index is 10.9. The molecule has 0 aromatic heterocycles. The van der Waals surface area contributed by atoms with Crippen molar-refractivity contribution < 1.29 is 37.5 Å². The summed E-state index contributed by atoms with van der Waals surface area (Å²) in [5.41, 5.74) is 0. The van der Waals surface area contributed by atoms with Gasteiger partial charge in [-0.1, -0.05) is 0 Å². The van der Waals surface area contributed by atoms with Gasteiger partial charge in [0.15, 0.2) is 5.78 Å². The van der Waals surface area contributed by atoms with E-state index < -0.39 is 32.1 Å². The fraction of sp³-hybridized carbons (Fsp3) is 0.667. The second kappa shape index (κ2) is 4.56. The zero-order chi connectivity index (χ0) is 11.6. The molecule has 0 rings (SSSR count). The van der Waals surface area contributed by atoms with E-state index >= 15 is 0 Å². The summed E-state index contributed by atoms with van der Waals surface area (Å²) < 4.78 is 34.8. The van der Waals surface area contributed by atoms with Gasteiger partial charge in [-0.25, -0.2) is 0 Å². The average Bonchev–Trinajstić information content (AvgIpc) is 1.78. The van der Waals surface area contributed by atoms with Gasteiger partial charge in [0.1, 0.15) is 3.74 Å². The molecule has 0 aliphatic rings. The molecule has 0 spiro atoms. The second-order valence-corrected chi connectivity index (χ2v) is 7.42. The summed E-state index contributed by atoms with van der Waals surface area (Å²) in [6.07, 6.45) is 2.63. The topological polar surface area (TPSA) is 113 Å². The summed E-state index contributed by atoms with van der Waals surface area (Å²) in [5.74, 6) is -1.80. The molecule has 0 amide bonds. The first-order valence-electron chi connectivity index (χ1n) is 3.40. The third-order valence-electron chi connectivity index (χ3n) is 1.12. The first-order chi connectivity index (χ1) is 6.03. The Morgan fingerprint density at radius 2 is 1.71 bits per heavy atom. The molecular weight excluding hydrogens is 236 g/mol. The van der Waals surface area contributed by atoms with Crippen LogP contribution in [0.4, 0.5) is 0 Å². The molecule has 0 fully saturated rings. The monoisotopic (exact) mass is 246 g/mol. The molecule has 0 saturated heterocycles. The van der Waals surface area contributed by atoms with Crippen LogP contribution in [0.3, 0.4) is 0 Å². The van der Waals surface area contributed by atoms with Crippen LogP contribution in [0.2, 0.25) is 0 Å². The van der Waals surface area contributed by atoms with Gasteiger partial charge in [-0.15, -0.1) is 0 Å². The lowest BCUT2D eigenvalue weighted by atomic mass is 10.3. The maximum absolute atomic E-state index is 10.9. The highest BCUT2D eigenvalue weighted by Crippen LogP contribution is 2.42. The molecule has 84 valence electrons. The molecule has 8 heteroatoms. The van der Waals surface area contributed by atoms with Crippen molar-refractivity contribution in [1.82, 2.24) is 0 Å². The van der Waals surface area contributed by atoms with Crippen molar-refractivity contribution in [3.05, 3.63) is 0 Å². The highest BCUT2D eigenvalue weighted by molar-refractivity contribution is 8.29. The van der Waals surface area contributed by atoms with Gasteiger partial charge in [0, 0.05) is 29.7 Å². The molecule has 0 saturated carbocycles. The Morgan fingerprint density at radius 1 is 1.29 bits per heavy atom. The minimum absolute atomic E-state index is 0.364. The van der Waals surface area contributed by atoms with Crippen molar-refractivity contribution >= 4 is 21.9 Å². The Hall–Kier alpha value is -0.180. The van der Waals surface area contributed by atoms with Gasteiger partial charge in [-0.3, -0.25) is 9.59 Å². The van der Waals surface area contributed by atoms with Crippen LogP contribution in [-0.4, -0.2) is 29.8 Å². The van der Waals surface area contributed by atoms with E-state index in [2.05, 4.69) is 3.74 Å². The van der Waals surface area contributed by atoms with Crippen LogP contribution in [0.25, 0.3) is 0 Å². The SMILES string of the molecule is CC(=O)C(=O)CS(C)(C)O[Cl+3]([O-])([O-])[O-]. The Morgan fingerprint density at radius 3 is 2.00 bits per heavy atom. The van der Waals surface area contributed by atoms with Gasteiger partial charge in [-0.05, 0) is 0 Å². The number of carbonyl (C=O) groups excluding carboxylic acids is 2. The van der Waals surface area contributed by atoms with E-state index in [-0.39, 0.29) is 5.75 Å². The van der Waals surface area contributed by atoms with E-state index in [1.807, 2.05) is 0 Å². The highest BCUT2D eigenvalue weighted by Gasteiger charge is 2.35. The standard InChI is InChI=1S/C6H11ClO6S/c1-5(8)6(9)4-14(2,3)13-7(10,11)12/h4H2,1-3H3. The van der Waals surface area contributed by atoms with Crippen LogP contribution < -0.4 is 14.0 Å². The van der Waals surface area contributed by atoms with E-state index in [0.29, 0.717) is 0 Å².